The Morgan fingerprint density at radius 1 is 1.14 bits per heavy atom. The Balaban J connectivity index is 1.86. The van der Waals surface area contributed by atoms with Gasteiger partial charge >= 0.3 is 5.97 Å². The van der Waals surface area contributed by atoms with Gasteiger partial charge in [0.1, 0.15) is 0 Å². The summed E-state index contributed by atoms with van der Waals surface area (Å²) in [6.07, 6.45) is 2.31. The lowest BCUT2D eigenvalue weighted by Gasteiger charge is -2.14. The zero-order valence-corrected chi connectivity index (χ0v) is 11.8. The normalized spacial score (nSPS) is 18.3. The lowest BCUT2D eigenvalue weighted by atomic mass is 9.98. The van der Waals surface area contributed by atoms with E-state index in [-0.39, 0.29) is 30.6 Å². The number of aliphatic carboxylic acids is 1. The fraction of sp³-hybridized carbons (Fsp3) is 0.438. The summed E-state index contributed by atoms with van der Waals surface area (Å²) >= 11 is 0. The molecule has 2 amide bonds. The number of carbonyl (C=O) groups is 3. The summed E-state index contributed by atoms with van der Waals surface area (Å²) in [5.41, 5.74) is 0.879. The number of imide groups is 1. The molecule has 1 aromatic carbocycles. The summed E-state index contributed by atoms with van der Waals surface area (Å²) in [5.74, 6) is -1.44. The van der Waals surface area contributed by atoms with E-state index in [9.17, 15) is 14.4 Å². The number of benzene rings is 1. The van der Waals surface area contributed by atoms with E-state index in [4.69, 9.17) is 5.11 Å². The predicted molar refractivity (Wildman–Crippen MR) is 76.6 cm³/mol. The van der Waals surface area contributed by atoms with Gasteiger partial charge in [0, 0.05) is 19.4 Å². The molecule has 0 unspecified atom stereocenters. The molecule has 5 heteroatoms. The monoisotopic (exact) mass is 289 g/mol. The molecule has 1 aromatic rings. The van der Waals surface area contributed by atoms with E-state index in [2.05, 4.69) is 0 Å². The second-order valence-corrected chi connectivity index (χ2v) is 5.26. The van der Waals surface area contributed by atoms with Gasteiger partial charge in [0.15, 0.2) is 0 Å². The van der Waals surface area contributed by atoms with E-state index in [0.717, 1.165) is 5.56 Å². The highest BCUT2D eigenvalue weighted by Gasteiger charge is 2.38. The first-order valence-corrected chi connectivity index (χ1v) is 7.20. The van der Waals surface area contributed by atoms with Crippen LogP contribution >= 0.6 is 0 Å². The van der Waals surface area contributed by atoms with Gasteiger partial charge in [-0.1, -0.05) is 36.8 Å². The maximum absolute atomic E-state index is 12.3. The van der Waals surface area contributed by atoms with Crippen LogP contribution in [0.4, 0.5) is 0 Å². The van der Waals surface area contributed by atoms with Gasteiger partial charge in [0.05, 0.1) is 5.92 Å². The van der Waals surface area contributed by atoms with Crippen LogP contribution < -0.4 is 0 Å². The fourth-order valence-electron chi connectivity index (χ4n) is 2.59. The molecule has 1 aliphatic rings. The largest absolute Gasteiger partial charge is 0.481 e. The Morgan fingerprint density at radius 3 is 2.52 bits per heavy atom. The molecule has 1 saturated heterocycles. The smallest absolute Gasteiger partial charge is 0.303 e. The molecule has 112 valence electrons. The number of carboxylic acids is 1. The van der Waals surface area contributed by atoms with Crippen LogP contribution in [-0.2, 0) is 14.4 Å². The molecule has 1 atom stereocenters. The summed E-state index contributed by atoms with van der Waals surface area (Å²) in [4.78, 5) is 36.0. The Labute approximate surface area is 123 Å². The average molecular weight is 289 g/mol. The van der Waals surface area contributed by atoms with Gasteiger partial charge in [-0.25, -0.2) is 0 Å². The summed E-state index contributed by atoms with van der Waals surface area (Å²) in [6.45, 7) is 0.390. The molecule has 1 fully saturated rings. The number of unbranched alkanes of at least 4 members (excludes halogenated alkanes) is 2. The number of carboxylic acid groups (broad SMARTS) is 1. The highest BCUT2D eigenvalue weighted by molar-refractivity contribution is 6.06. The van der Waals surface area contributed by atoms with Crippen LogP contribution in [0.1, 0.15) is 43.6 Å². The summed E-state index contributed by atoms with van der Waals surface area (Å²) in [7, 11) is 0. The topological polar surface area (TPSA) is 74.7 Å². The number of amides is 2. The minimum atomic E-state index is -0.813. The molecule has 2 rings (SSSR count). The van der Waals surface area contributed by atoms with Crippen molar-refractivity contribution in [3.8, 4) is 0 Å². The molecule has 0 bridgehead atoms. The third-order valence-electron chi connectivity index (χ3n) is 3.72. The summed E-state index contributed by atoms with van der Waals surface area (Å²) in [6, 6.07) is 9.34. The Morgan fingerprint density at radius 2 is 1.86 bits per heavy atom. The maximum atomic E-state index is 12.3. The van der Waals surface area contributed by atoms with Gasteiger partial charge < -0.3 is 5.11 Å². The van der Waals surface area contributed by atoms with Crippen molar-refractivity contribution < 1.29 is 19.5 Å². The molecule has 1 N–H and O–H groups in total. The zero-order valence-electron chi connectivity index (χ0n) is 11.8. The van der Waals surface area contributed by atoms with E-state index in [0.29, 0.717) is 25.8 Å². The van der Waals surface area contributed by atoms with Gasteiger partial charge in [-0.2, -0.15) is 0 Å². The second kappa shape index (κ2) is 7.02. The van der Waals surface area contributed by atoms with Crippen LogP contribution in [0.25, 0.3) is 0 Å². The average Bonchev–Trinajstić information content (AvgIpc) is 2.75. The van der Waals surface area contributed by atoms with Crippen molar-refractivity contribution in [3.05, 3.63) is 35.9 Å². The van der Waals surface area contributed by atoms with E-state index in [1.165, 1.54) is 4.90 Å². The van der Waals surface area contributed by atoms with Crippen LogP contribution in [0.15, 0.2) is 30.3 Å². The molecular formula is C16H19NO4. The van der Waals surface area contributed by atoms with Gasteiger partial charge in [-0.3, -0.25) is 19.3 Å². The summed E-state index contributed by atoms with van der Waals surface area (Å²) in [5, 5.41) is 8.55. The Bertz CT molecular complexity index is 526. The molecule has 0 spiro atoms. The van der Waals surface area contributed by atoms with Crippen LogP contribution in [0, 0.1) is 0 Å². The minimum Gasteiger partial charge on any atom is -0.481 e. The van der Waals surface area contributed by atoms with E-state index < -0.39 is 5.97 Å². The maximum Gasteiger partial charge on any atom is 0.303 e. The zero-order chi connectivity index (χ0) is 15.2. The van der Waals surface area contributed by atoms with E-state index in [1.54, 1.807) is 0 Å². The third kappa shape index (κ3) is 3.90. The van der Waals surface area contributed by atoms with Gasteiger partial charge in [-0.05, 0) is 18.4 Å². The molecule has 21 heavy (non-hydrogen) atoms. The van der Waals surface area contributed by atoms with E-state index >= 15 is 0 Å². The van der Waals surface area contributed by atoms with Gasteiger partial charge in [0.2, 0.25) is 11.8 Å². The quantitative estimate of drug-likeness (QED) is 0.616. The number of hydrogen-bond acceptors (Lipinski definition) is 3. The lowest BCUT2D eigenvalue weighted by molar-refractivity contribution is -0.139. The molecule has 1 heterocycles. The second-order valence-electron chi connectivity index (χ2n) is 5.26. The Hall–Kier alpha value is -2.17. The molecule has 0 aromatic heterocycles. The first-order chi connectivity index (χ1) is 10.1. The van der Waals surface area contributed by atoms with Gasteiger partial charge in [-0.15, -0.1) is 0 Å². The number of nitrogens with zero attached hydrogens (tertiary/aromatic N) is 1. The SMILES string of the molecule is O=C(O)CCCCCN1C(=O)C[C@@H](c2ccccc2)C1=O. The van der Waals surface area contributed by atoms with Crippen LogP contribution in [-0.4, -0.2) is 34.3 Å². The fourth-order valence-corrected chi connectivity index (χ4v) is 2.59. The van der Waals surface area contributed by atoms with Crippen molar-refractivity contribution >= 4 is 17.8 Å². The van der Waals surface area contributed by atoms with Crippen LogP contribution in [0.2, 0.25) is 0 Å². The molecule has 5 nitrogen and oxygen atoms in total. The van der Waals surface area contributed by atoms with Crippen LogP contribution in [0.3, 0.4) is 0 Å². The van der Waals surface area contributed by atoms with Crippen molar-refractivity contribution in [1.82, 2.24) is 4.90 Å². The van der Waals surface area contributed by atoms with Crippen LogP contribution in [0.5, 0.6) is 0 Å². The Kier molecular flexibility index (Phi) is 5.09. The minimum absolute atomic E-state index is 0.132. The first kappa shape index (κ1) is 15.2. The first-order valence-electron chi connectivity index (χ1n) is 7.20. The van der Waals surface area contributed by atoms with Crippen molar-refractivity contribution in [1.29, 1.82) is 0 Å². The third-order valence-corrected chi connectivity index (χ3v) is 3.72. The highest BCUT2D eigenvalue weighted by atomic mass is 16.4. The molecule has 0 radical (unpaired) electrons. The summed E-state index contributed by atoms with van der Waals surface area (Å²) < 4.78 is 0. The highest BCUT2D eigenvalue weighted by Crippen LogP contribution is 2.29. The lowest BCUT2D eigenvalue weighted by Crippen LogP contribution is -2.31. The number of carbonyl (C=O) groups excluding carboxylic acids is 2. The molecule has 0 saturated carbocycles. The number of rotatable bonds is 7. The van der Waals surface area contributed by atoms with E-state index in [1.807, 2.05) is 30.3 Å². The molecule has 1 aliphatic heterocycles. The predicted octanol–water partition coefficient (Wildman–Crippen LogP) is 2.17. The molecular weight excluding hydrogens is 270 g/mol. The number of likely N-dealkylation sites (tertiary alicyclic amines) is 1. The van der Waals surface area contributed by atoms with Crippen molar-refractivity contribution in [2.75, 3.05) is 6.54 Å². The van der Waals surface area contributed by atoms with Crippen molar-refractivity contribution in [2.24, 2.45) is 0 Å². The van der Waals surface area contributed by atoms with Crippen molar-refractivity contribution in [2.45, 2.75) is 38.0 Å². The number of hydrogen-bond donors (Lipinski definition) is 1. The van der Waals surface area contributed by atoms with Gasteiger partial charge in [0.25, 0.3) is 0 Å². The molecule has 0 aliphatic carbocycles. The standard InChI is InChI=1S/C16H19NO4/c18-14-11-13(12-7-3-1-4-8-12)16(21)17(14)10-6-2-5-9-15(19)20/h1,3-4,7-8,13H,2,5-6,9-11H2,(H,19,20)/t13-/m0/s1. The van der Waals surface area contributed by atoms with Crippen molar-refractivity contribution in [3.63, 3.8) is 0 Å².